The lowest BCUT2D eigenvalue weighted by Crippen LogP contribution is -2.49. The third kappa shape index (κ3) is 5.78. The van der Waals surface area contributed by atoms with Crippen LogP contribution < -0.4 is 5.73 Å². The second kappa shape index (κ2) is 8.60. The molecule has 0 aromatic carbocycles. The summed E-state index contributed by atoms with van der Waals surface area (Å²) in [6.07, 6.45) is 2.68. The van der Waals surface area contributed by atoms with Crippen LogP contribution in [-0.2, 0) is 4.79 Å². The van der Waals surface area contributed by atoms with E-state index in [4.69, 9.17) is 18.0 Å². The average molecular weight is 301 g/mol. The summed E-state index contributed by atoms with van der Waals surface area (Å²) in [5.74, 6) is 1.26. The molecule has 0 saturated carbocycles. The van der Waals surface area contributed by atoms with Gasteiger partial charge in [0.2, 0.25) is 5.91 Å². The van der Waals surface area contributed by atoms with Gasteiger partial charge < -0.3 is 10.6 Å². The van der Waals surface area contributed by atoms with Crippen LogP contribution in [0.3, 0.4) is 0 Å². The van der Waals surface area contributed by atoms with Crippen molar-refractivity contribution in [1.29, 1.82) is 0 Å². The molecule has 0 heterocycles. The summed E-state index contributed by atoms with van der Waals surface area (Å²) in [5, 5.41) is 0. The highest BCUT2D eigenvalue weighted by molar-refractivity contribution is 7.80. The van der Waals surface area contributed by atoms with Gasteiger partial charge in [-0.1, -0.05) is 46.8 Å². The number of hydrogen-bond acceptors (Lipinski definition) is 2. The summed E-state index contributed by atoms with van der Waals surface area (Å²) in [5.41, 5.74) is 5.11. The Morgan fingerprint density at radius 3 is 1.80 bits per heavy atom. The van der Waals surface area contributed by atoms with E-state index in [2.05, 4.69) is 27.7 Å². The molecule has 0 aliphatic rings. The van der Waals surface area contributed by atoms with E-state index >= 15 is 0 Å². The largest absolute Gasteiger partial charge is 0.392 e. The molecule has 0 spiro atoms. The van der Waals surface area contributed by atoms with Gasteiger partial charge in [-0.25, -0.2) is 0 Å². The van der Waals surface area contributed by atoms with Gasteiger partial charge in [-0.2, -0.15) is 0 Å². The summed E-state index contributed by atoms with van der Waals surface area (Å²) in [6, 6.07) is 0. The Hall–Kier alpha value is -0.640. The van der Waals surface area contributed by atoms with E-state index in [9.17, 15) is 4.79 Å². The fourth-order valence-corrected chi connectivity index (χ4v) is 2.15. The van der Waals surface area contributed by atoms with E-state index in [0.717, 1.165) is 25.9 Å². The molecule has 0 saturated heterocycles. The van der Waals surface area contributed by atoms with Gasteiger partial charge in [-0.3, -0.25) is 4.79 Å². The van der Waals surface area contributed by atoms with Crippen LogP contribution in [0, 0.1) is 17.3 Å². The van der Waals surface area contributed by atoms with Crippen LogP contribution in [0.1, 0.15) is 60.8 Å². The van der Waals surface area contributed by atoms with Crippen LogP contribution in [0.2, 0.25) is 0 Å². The Morgan fingerprint density at radius 1 is 1.15 bits per heavy atom. The SMILES string of the molecule is CCC(C)(C(=O)N(CCC(C)C)CCC(C)C)C(N)=S. The van der Waals surface area contributed by atoms with Crippen molar-refractivity contribution in [2.24, 2.45) is 23.0 Å². The van der Waals surface area contributed by atoms with Gasteiger partial charge in [-0.15, -0.1) is 0 Å². The molecule has 1 atom stereocenters. The van der Waals surface area contributed by atoms with Gasteiger partial charge in [0, 0.05) is 13.1 Å². The maximum absolute atomic E-state index is 12.8. The first-order chi connectivity index (χ1) is 9.15. The predicted molar refractivity (Wildman–Crippen MR) is 90.7 cm³/mol. The first kappa shape index (κ1) is 19.4. The Balaban J connectivity index is 4.98. The normalized spacial score (nSPS) is 14.4. The second-order valence-electron chi connectivity index (χ2n) is 6.71. The molecular weight excluding hydrogens is 268 g/mol. The molecule has 2 N–H and O–H groups in total. The first-order valence-corrected chi connectivity index (χ1v) is 8.15. The topological polar surface area (TPSA) is 46.3 Å². The van der Waals surface area contributed by atoms with Crippen molar-refractivity contribution < 1.29 is 4.79 Å². The highest BCUT2D eigenvalue weighted by Gasteiger charge is 2.37. The molecule has 20 heavy (non-hydrogen) atoms. The molecular formula is C16H32N2OS. The van der Waals surface area contributed by atoms with Crippen molar-refractivity contribution in [1.82, 2.24) is 4.90 Å². The van der Waals surface area contributed by atoms with E-state index in [1.54, 1.807) is 0 Å². The van der Waals surface area contributed by atoms with Gasteiger partial charge in [0.1, 0.15) is 0 Å². The number of hydrogen-bond donors (Lipinski definition) is 1. The Kier molecular flexibility index (Phi) is 8.33. The number of rotatable bonds is 9. The zero-order valence-electron chi connectivity index (χ0n) is 14.0. The standard InChI is InChI=1S/C16H32N2OS/c1-7-16(6,14(17)20)15(19)18(10-8-12(2)3)11-9-13(4)5/h12-13H,7-11H2,1-6H3,(H2,17,20). The van der Waals surface area contributed by atoms with Crippen molar-refractivity contribution in [2.75, 3.05) is 13.1 Å². The highest BCUT2D eigenvalue weighted by Crippen LogP contribution is 2.25. The number of nitrogens with two attached hydrogens (primary N) is 1. The van der Waals surface area contributed by atoms with Crippen LogP contribution >= 0.6 is 12.2 Å². The lowest BCUT2D eigenvalue weighted by Gasteiger charge is -2.34. The van der Waals surface area contributed by atoms with E-state index in [0.29, 0.717) is 23.2 Å². The molecule has 0 aromatic heterocycles. The number of nitrogens with zero attached hydrogens (tertiary/aromatic N) is 1. The molecule has 0 bridgehead atoms. The summed E-state index contributed by atoms with van der Waals surface area (Å²) in [4.78, 5) is 15.1. The van der Waals surface area contributed by atoms with Gasteiger partial charge in [0.15, 0.2) is 0 Å². The molecule has 3 nitrogen and oxygen atoms in total. The van der Waals surface area contributed by atoms with Crippen LogP contribution in [0.15, 0.2) is 0 Å². The van der Waals surface area contributed by atoms with Crippen LogP contribution in [0.5, 0.6) is 0 Å². The van der Waals surface area contributed by atoms with Crippen LogP contribution in [0.4, 0.5) is 0 Å². The minimum Gasteiger partial charge on any atom is -0.392 e. The molecule has 1 amide bonds. The zero-order valence-corrected chi connectivity index (χ0v) is 14.8. The van der Waals surface area contributed by atoms with Crippen molar-refractivity contribution in [3.05, 3.63) is 0 Å². The average Bonchev–Trinajstić information content (AvgIpc) is 2.36. The summed E-state index contributed by atoms with van der Waals surface area (Å²) >= 11 is 5.13. The maximum Gasteiger partial charge on any atom is 0.235 e. The van der Waals surface area contributed by atoms with Crippen LogP contribution in [0.25, 0.3) is 0 Å². The van der Waals surface area contributed by atoms with Gasteiger partial charge in [0.25, 0.3) is 0 Å². The highest BCUT2D eigenvalue weighted by atomic mass is 32.1. The number of amides is 1. The van der Waals surface area contributed by atoms with Gasteiger partial charge in [-0.05, 0) is 38.0 Å². The summed E-state index contributed by atoms with van der Waals surface area (Å²) < 4.78 is 0. The Morgan fingerprint density at radius 2 is 1.55 bits per heavy atom. The fourth-order valence-electron chi connectivity index (χ4n) is 1.92. The first-order valence-electron chi connectivity index (χ1n) is 7.74. The van der Waals surface area contributed by atoms with Crippen molar-refractivity contribution in [2.45, 2.75) is 60.8 Å². The molecule has 1 unspecified atom stereocenters. The smallest absolute Gasteiger partial charge is 0.235 e. The van der Waals surface area contributed by atoms with E-state index in [-0.39, 0.29) is 5.91 Å². The van der Waals surface area contributed by atoms with Crippen molar-refractivity contribution in [3.8, 4) is 0 Å². The van der Waals surface area contributed by atoms with E-state index < -0.39 is 5.41 Å². The molecule has 4 heteroatoms. The number of carbonyl (C=O) groups excluding carboxylic acids is 1. The monoisotopic (exact) mass is 300 g/mol. The number of thiocarbonyl (C=S) groups is 1. The van der Waals surface area contributed by atoms with Gasteiger partial charge >= 0.3 is 0 Å². The van der Waals surface area contributed by atoms with E-state index in [1.165, 1.54) is 0 Å². The predicted octanol–water partition coefficient (Wildman–Crippen LogP) is 3.61. The van der Waals surface area contributed by atoms with E-state index in [1.807, 2.05) is 18.7 Å². The third-order valence-electron chi connectivity index (χ3n) is 3.96. The summed E-state index contributed by atoms with van der Waals surface area (Å²) in [7, 11) is 0. The fraction of sp³-hybridized carbons (Fsp3) is 0.875. The minimum absolute atomic E-state index is 0.0915. The summed E-state index contributed by atoms with van der Waals surface area (Å²) in [6.45, 7) is 14.1. The minimum atomic E-state index is -0.705. The molecule has 0 aromatic rings. The molecule has 0 aliphatic carbocycles. The molecule has 0 aliphatic heterocycles. The molecule has 0 radical (unpaired) electrons. The molecule has 0 rings (SSSR count). The Labute approximate surface area is 130 Å². The quantitative estimate of drug-likeness (QED) is 0.662. The Bertz CT molecular complexity index is 316. The lowest BCUT2D eigenvalue weighted by atomic mass is 9.85. The second-order valence-corrected chi connectivity index (χ2v) is 7.15. The van der Waals surface area contributed by atoms with Crippen molar-refractivity contribution in [3.63, 3.8) is 0 Å². The van der Waals surface area contributed by atoms with Crippen LogP contribution in [-0.4, -0.2) is 28.9 Å². The zero-order chi connectivity index (χ0) is 15.9. The van der Waals surface area contributed by atoms with Gasteiger partial charge in [0.05, 0.1) is 10.4 Å². The number of carbonyl (C=O) groups is 1. The lowest BCUT2D eigenvalue weighted by molar-refractivity contribution is -0.138. The third-order valence-corrected chi connectivity index (χ3v) is 4.41. The maximum atomic E-state index is 12.8. The molecule has 118 valence electrons. The van der Waals surface area contributed by atoms with Crippen molar-refractivity contribution >= 4 is 23.1 Å². The molecule has 0 fully saturated rings.